The molecule has 1 aliphatic heterocycles. The molecule has 2 aromatic carbocycles. The van der Waals surface area contributed by atoms with Crippen molar-refractivity contribution in [3.8, 4) is 5.75 Å². The molecule has 2 atom stereocenters. The van der Waals surface area contributed by atoms with E-state index >= 15 is 0 Å². The second kappa shape index (κ2) is 11.1. The Balaban J connectivity index is 2.06. The summed E-state index contributed by atoms with van der Waals surface area (Å²) in [5.41, 5.74) is 1.62. The SMILES string of the molecule is CCN(CC)CCN1C(=O)C(OC(C)=O)C(c2ccc(OC)cc2)Sc2ccc(Cl)cc21. The first-order chi connectivity index (χ1) is 15.4. The molecule has 0 radical (unpaired) electrons. The molecular formula is C24H29ClN2O4S. The average Bonchev–Trinajstić information content (AvgIpc) is 2.89. The number of amides is 1. The van der Waals surface area contributed by atoms with Crippen molar-refractivity contribution in [2.24, 2.45) is 0 Å². The van der Waals surface area contributed by atoms with Crippen LogP contribution >= 0.6 is 23.4 Å². The van der Waals surface area contributed by atoms with E-state index in [9.17, 15) is 9.59 Å². The number of esters is 1. The van der Waals surface area contributed by atoms with Gasteiger partial charge in [-0.3, -0.25) is 9.59 Å². The third-order valence-corrected chi connectivity index (χ3v) is 7.13. The van der Waals surface area contributed by atoms with Gasteiger partial charge in [-0.1, -0.05) is 37.6 Å². The summed E-state index contributed by atoms with van der Waals surface area (Å²) in [5.74, 6) is -0.0207. The van der Waals surface area contributed by atoms with Gasteiger partial charge in [-0.25, -0.2) is 0 Å². The lowest BCUT2D eigenvalue weighted by atomic mass is 10.1. The van der Waals surface area contributed by atoms with Gasteiger partial charge in [0.25, 0.3) is 5.91 Å². The van der Waals surface area contributed by atoms with E-state index in [1.54, 1.807) is 12.0 Å². The second-order valence-corrected chi connectivity index (χ2v) is 9.09. The molecule has 0 saturated carbocycles. The Morgan fingerprint density at radius 3 is 2.44 bits per heavy atom. The van der Waals surface area contributed by atoms with Crippen LogP contribution in [0.25, 0.3) is 0 Å². The normalized spacial score (nSPS) is 18.3. The summed E-state index contributed by atoms with van der Waals surface area (Å²) in [7, 11) is 1.61. The molecule has 0 bridgehead atoms. The van der Waals surface area contributed by atoms with Crippen molar-refractivity contribution in [2.75, 3.05) is 38.2 Å². The Morgan fingerprint density at radius 2 is 1.84 bits per heavy atom. The van der Waals surface area contributed by atoms with E-state index in [0.717, 1.165) is 35.0 Å². The summed E-state index contributed by atoms with van der Waals surface area (Å²) in [6.07, 6.45) is -0.964. The smallest absolute Gasteiger partial charge is 0.303 e. The van der Waals surface area contributed by atoms with Crippen LogP contribution in [0.5, 0.6) is 5.75 Å². The minimum Gasteiger partial charge on any atom is -0.497 e. The number of ether oxygens (including phenoxy) is 2. The maximum Gasteiger partial charge on any atom is 0.303 e. The van der Waals surface area contributed by atoms with Crippen LogP contribution < -0.4 is 9.64 Å². The highest BCUT2D eigenvalue weighted by molar-refractivity contribution is 7.99. The molecular weight excluding hydrogens is 448 g/mol. The first-order valence-electron chi connectivity index (χ1n) is 10.7. The highest BCUT2D eigenvalue weighted by atomic mass is 35.5. The second-order valence-electron chi connectivity index (χ2n) is 7.47. The van der Waals surface area contributed by atoms with Crippen LogP contribution in [0.1, 0.15) is 31.6 Å². The Bertz CT molecular complexity index is 950. The standard InChI is InChI=1S/C24H29ClN2O4S/c1-5-26(6-2)13-14-27-20-15-18(25)9-12-21(20)32-23(22(24(27)29)31-16(3)28)17-7-10-19(30-4)11-8-17/h7-12,15,22-23H,5-6,13-14H2,1-4H3. The van der Waals surface area contributed by atoms with Crippen LogP contribution in [0, 0.1) is 0 Å². The molecule has 0 spiro atoms. The van der Waals surface area contributed by atoms with Gasteiger partial charge in [0.1, 0.15) is 5.75 Å². The van der Waals surface area contributed by atoms with Crippen LogP contribution in [0.4, 0.5) is 5.69 Å². The Labute approximate surface area is 198 Å². The van der Waals surface area contributed by atoms with Crippen molar-refractivity contribution in [1.29, 1.82) is 0 Å². The summed E-state index contributed by atoms with van der Waals surface area (Å²) < 4.78 is 10.9. The fourth-order valence-electron chi connectivity index (χ4n) is 3.74. The lowest BCUT2D eigenvalue weighted by Crippen LogP contribution is -2.45. The number of carbonyl (C=O) groups is 2. The average molecular weight is 477 g/mol. The lowest BCUT2D eigenvalue weighted by molar-refractivity contribution is -0.152. The fraction of sp³-hybridized carbons (Fsp3) is 0.417. The van der Waals surface area contributed by atoms with E-state index in [1.165, 1.54) is 18.7 Å². The number of halogens is 1. The van der Waals surface area contributed by atoms with E-state index in [4.69, 9.17) is 21.1 Å². The van der Waals surface area contributed by atoms with Crippen molar-refractivity contribution in [3.63, 3.8) is 0 Å². The predicted octanol–water partition coefficient (Wildman–Crippen LogP) is 4.80. The van der Waals surface area contributed by atoms with Crippen LogP contribution in [-0.2, 0) is 14.3 Å². The van der Waals surface area contributed by atoms with Crippen LogP contribution in [0.2, 0.25) is 5.02 Å². The van der Waals surface area contributed by atoms with Crippen LogP contribution in [-0.4, -0.2) is 56.2 Å². The molecule has 0 aliphatic carbocycles. The molecule has 6 nitrogen and oxygen atoms in total. The number of carbonyl (C=O) groups excluding carboxylic acids is 2. The van der Waals surface area contributed by atoms with Crippen LogP contribution in [0.3, 0.4) is 0 Å². The van der Waals surface area contributed by atoms with Gasteiger partial charge in [0, 0.05) is 29.9 Å². The van der Waals surface area contributed by atoms with E-state index in [2.05, 4.69) is 18.7 Å². The number of likely N-dealkylation sites (N-methyl/N-ethyl adjacent to an activating group) is 1. The zero-order valence-corrected chi connectivity index (χ0v) is 20.4. The number of nitrogens with zero attached hydrogens (tertiary/aromatic N) is 2. The van der Waals surface area contributed by atoms with Gasteiger partial charge in [-0.05, 0) is 49.0 Å². The zero-order valence-electron chi connectivity index (χ0n) is 18.8. The molecule has 1 heterocycles. The number of rotatable bonds is 8. The molecule has 8 heteroatoms. The van der Waals surface area contributed by atoms with Gasteiger partial charge < -0.3 is 19.3 Å². The summed E-state index contributed by atoms with van der Waals surface area (Å²) in [5, 5.41) is 0.146. The molecule has 0 saturated heterocycles. The molecule has 1 amide bonds. The molecule has 1 aliphatic rings. The Hall–Kier alpha value is -2.22. The highest BCUT2D eigenvalue weighted by Gasteiger charge is 2.41. The summed E-state index contributed by atoms with van der Waals surface area (Å²) in [6, 6.07) is 13.0. The molecule has 32 heavy (non-hydrogen) atoms. The van der Waals surface area contributed by atoms with E-state index in [1.807, 2.05) is 42.5 Å². The maximum atomic E-state index is 13.8. The minimum atomic E-state index is -0.964. The molecule has 3 rings (SSSR count). The lowest BCUT2D eigenvalue weighted by Gasteiger charge is -2.29. The van der Waals surface area contributed by atoms with Gasteiger partial charge in [0.15, 0.2) is 6.10 Å². The summed E-state index contributed by atoms with van der Waals surface area (Å²) in [6.45, 7) is 8.47. The summed E-state index contributed by atoms with van der Waals surface area (Å²) >= 11 is 7.81. The minimum absolute atomic E-state index is 0.248. The Kier molecular flexibility index (Phi) is 8.45. The van der Waals surface area contributed by atoms with E-state index < -0.39 is 17.3 Å². The van der Waals surface area contributed by atoms with Crippen LogP contribution in [0.15, 0.2) is 47.4 Å². The topological polar surface area (TPSA) is 59.1 Å². The van der Waals surface area contributed by atoms with E-state index in [-0.39, 0.29) is 5.91 Å². The van der Waals surface area contributed by atoms with Crippen molar-refractivity contribution in [1.82, 2.24) is 4.90 Å². The first kappa shape index (κ1) is 24.4. The maximum absolute atomic E-state index is 13.8. The quantitative estimate of drug-likeness (QED) is 0.510. The molecule has 0 fully saturated rings. The third-order valence-electron chi connectivity index (χ3n) is 5.52. The number of anilines is 1. The fourth-order valence-corrected chi connectivity index (χ4v) is 5.21. The molecule has 0 N–H and O–H groups in total. The number of benzene rings is 2. The number of methoxy groups -OCH3 is 1. The number of thioether (sulfide) groups is 1. The number of fused-ring (bicyclic) bond motifs is 1. The monoisotopic (exact) mass is 476 g/mol. The molecule has 2 unspecified atom stereocenters. The van der Waals surface area contributed by atoms with Crippen molar-refractivity contribution >= 4 is 40.9 Å². The molecule has 0 aromatic heterocycles. The molecule has 2 aromatic rings. The molecule has 172 valence electrons. The van der Waals surface area contributed by atoms with Gasteiger partial charge in [-0.2, -0.15) is 0 Å². The highest BCUT2D eigenvalue weighted by Crippen LogP contribution is 2.47. The van der Waals surface area contributed by atoms with E-state index in [0.29, 0.717) is 18.1 Å². The van der Waals surface area contributed by atoms with Gasteiger partial charge in [0.05, 0.1) is 18.0 Å². The summed E-state index contributed by atoms with van der Waals surface area (Å²) in [4.78, 5) is 30.7. The van der Waals surface area contributed by atoms with Gasteiger partial charge in [-0.15, -0.1) is 11.8 Å². The number of hydrogen-bond donors (Lipinski definition) is 0. The van der Waals surface area contributed by atoms with Gasteiger partial charge >= 0.3 is 5.97 Å². The van der Waals surface area contributed by atoms with Crippen molar-refractivity contribution in [2.45, 2.75) is 37.0 Å². The number of hydrogen-bond acceptors (Lipinski definition) is 6. The Morgan fingerprint density at radius 1 is 1.16 bits per heavy atom. The van der Waals surface area contributed by atoms with Crippen molar-refractivity contribution in [3.05, 3.63) is 53.1 Å². The first-order valence-corrected chi connectivity index (χ1v) is 11.9. The van der Waals surface area contributed by atoms with Gasteiger partial charge in [0.2, 0.25) is 0 Å². The van der Waals surface area contributed by atoms with Crippen molar-refractivity contribution < 1.29 is 19.1 Å². The predicted molar refractivity (Wildman–Crippen MR) is 129 cm³/mol. The largest absolute Gasteiger partial charge is 0.497 e. The zero-order chi connectivity index (χ0) is 23.3. The third kappa shape index (κ3) is 5.57.